The minimum absolute atomic E-state index is 0.317. The minimum atomic E-state index is -3.39. The molecule has 0 fully saturated rings. The average Bonchev–Trinajstić information content (AvgIpc) is 2.95. The number of anilines is 2. The fraction of sp³-hybridized carbons (Fsp3) is 0.375. The monoisotopic (exact) mass is 381 g/mol. The summed E-state index contributed by atoms with van der Waals surface area (Å²) in [5.41, 5.74) is 1.75. The minimum Gasteiger partial charge on any atom is -0.383 e. The van der Waals surface area contributed by atoms with Gasteiger partial charge in [-0.2, -0.15) is 5.10 Å². The van der Waals surface area contributed by atoms with E-state index in [4.69, 9.17) is 4.74 Å². The molecule has 0 spiro atoms. The van der Waals surface area contributed by atoms with E-state index in [9.17, 15) is 13.2 Å². The number of hydrogen-bond donors (Lipinski definition) is 2. The molecule has 2 rings (SSSR count). The van der Waals surface area contributed by atoms with E-state index in [1.54, 1.807) is 47.2 Å². The van der Waals surface area contributed by atoms with Gasteiger partial charge in [0.15, 0.2) is 0 Å². The zero-order valence-corrected chi connectivity index (χ0v) is 15.8. The van der Waals surface area contributed by atoms with E-state index in [0.717, 1.165) is 11.8 Å². The maximum absolute atomic E-state index is 12.6. The van der Waals surface area contributed by atoms with Crippen molar-refractivity contribution in [2.24, 2.45) is 7.05 Å². The fourth-order valence-electron chi connectivity index (χ4n) is 2.30. The molecule has 0 aliphatic heterocycles. The molecule has 142 valence electrons. The zero-order chi connectivity index (χ0) is 19.2. The highest BCUT2D eigenvalue weighted by atomic mass is 32.2. The molecular weight excluding hydrogens is 358 g/mol. The van der Waals surface area contributed by atoms with Crippen LogP contribution in [0.15, 0.2) is 36.7 Å². The highest BCUT2D eigenvalue weighted by molar-refractivity contribution is 7.92. The number of benzene rings is 1. The van der Waals surface area contributed by atoms with Gasteiger partial charge in [0, 0.05) is 38.1 Å². The van der Waals surface area contributed by atoms with Crippen LogP contribution in [0.1, 0.15) is 5.56 Å². The van der Waals surface area contributed by atoms with E-state index >= 15 is 0 Å². The summed E-state index contributed by atoms with van der Waals surface area (Å²) < 4.78 is 31.8. The van der Waals surface area contributed by atoms with Crippen LogP contribution >= 0.6 is 0 Å². The van der Waals surface area contributed by atoms with Gasteiger partial charge in [-0.05, 0) is 18.2 Å². The molecule has 10 heteroatoms. The maximum atomic E-state index is 12.6. The van der Waals surface area contributed by atoms with Gasteiger partial charge in [-0.1, -0.05) is 6.07 Å². The summed E-state index contributed by atoms with van der Waals surface area (Å²) in [6.45, 7) is 1.17. The molecule has 0 aliphatic rings. The lowest BCUT2D eigenvalue weighted by atomic mass is 10.3. The molecule has 1 heterocycles. The molecule has 0 aliphatic carbocycles. The standard InChI is InChI=1S/C16H23N5O4S/c1-20-11-13(10-17-20)12-21(7-8-25-2)16(22)18-14-5-4-6-15(9-14)19-26(3,23)24/h4-6,9-11,19H,7-8,12H2,1-3H3,(H,18,22). The summed E-state index contributed by atoms with van der Waals surface area (Å²) in [5.74, 6) is 0. The first-order valence-corrected chi connectivity index (χ1v) is 9.76. The van der Waals surface area contributed by atoms with Gasteiger partial charge >= 0.3 is 6.03 Å². The summed E-state index contributed by atoms with van der Waals surface area (Å²) >= 11 is 0. The molecule has 0 bridgehead atoms. The molecule has 0 unspecified atom stereocenters. The predicted octanol–water partition coefficient (Wildman–Crippen LogP) is 1.47. The van der Waals surface area contributed by atoms with Crippen molar-refractivity contribution in [1.29, 1.82) is 0 Å². The van der Waals surface area contributed by atoms with Crippen molar-refractivity contribution < 1.29 is 17.9 Å². The van der Waals surface area contributed by atoms with Crippen LogP contribution in [0.2, 0.25) is 0 Å². The van der Waals surface area contributed by atoms with Crippen LogP contribution in [0, 0.1) is 0 Å². The van der Waals surface area contributed by atoms with Crippen LogP contribution in [0.25, 0.3) is 0 Å². The highest BCUT2D eigenvalue weighted by Crippen LogP contribution is 2.17. The number of methoxy groups -OCH3 is 1. The number of aromatic nitrogens is 2. The Kier molecular flexibility index (Phi) is 6.58. The van der Waals surface area contributed by atoms with Crippen molar-refractivity contribution in [1.82, 2.24) is 14.7 Å². The second kappa shape index (κ2) is 8.68. The van der Waals surface area contributed by atoms with Crippen LogP contribution < -0.4 is 10.0 Å². The summed E-state index contributed by atoms with van der Waals surface area (Å²) in [4.78, 5) is 14.2. The Morgan fingerprint density at radius 1 is 1.35 bits per heavy atom. The topological polar surface area (TPSA) is 106 Å². The third-order valence-corrected chi connectivity index (χ3v) is 4.01. The van der Waals surface area contributed by atoms with Crippen molar-refractivity contribution in [2.45, 2.75) is 6.54 Å². The Labute approximate surface area is 153 Å². The molecule has 2 amide bonds. The fourth-order valence-corrected chi connectivity index (χ4v) is 2.86. The van der Waals surface area contributed by atoms with E-state index in [-0.39, 0.29) is 6.03 Å². The first kappa shape index (κ1) is 19.7. The largest absolute Gasteiger partial charge is 0.383 e. The van der Waals surface area contributed by atoms with Crippen molar-refractivity contribution in [3.05, 3.63) is 42.2 Å². The lowest BCUT2D eigenvalue weighted by molar-refractivity contribution is 0.153. The van der Waals surface area contributed by atoms with Crippen molar-refractivity contribution >= 4 is 27.4 Å². The molecule has 26 heavy (non-hydrogen) atoms. The first-order valence-electron chi connectivity index (χ1n) is 7.87. The number of carbonyl (C=O) groups excluding carboxylic acids is 1. The van der Waals surface area contributed by atoms with E-state index in [1.165, 1.54) is 0 Å². The van der Waals surface area contributed by atoms with Crippen LogP contribution in [0.5, 0.6) is 0 Å². The Morgan fingerprint density at radius 3 is 2.69 bits per heavy atom. The molecule has 2 N–H and O–H groups in total. The number of ether oxygens (including phenoxy) is 1. The molecule has 0 atom stereocenters. The van der Waals surface area contributed by atoms with Crippen molar-refractivity contribution in [3.8, 4) is 0 Å². The first-order chi connectivity index (χ1) is 12.3. The Balaban J connectivity index is 2.09. The lowest BCUT2D eigenvalue weighted by Crippen LogP contribution is -2.36. The van der Waals surface area contributed by atoms with Gasteiger partial charge in [0.1, 0.15) is 0 Å². The SMILES string of the molecule is COCCN(Cc1cnn(C)c1)C(=O)Nc1cccc(NS(C)(=O)=O)c1. The molecule has 0 saturated carbocycles. The number of nitrogens with zero attached hydrogens (tertiary/aromatic N) is 3. The van der Waals surface area contributed by atoms with E-state index in [2.05, 4.69) is 15.1 Å². The van der Waals surface area contributed by atoms with Gasteiger partial charge in [0.05, 0.1) is 31.3 Å². The third-order valence-electron chi connectivity index (χ3n) is 3.40. The summed E-state index contributed by atoms with van der Waals surface area (Å²) in [5, 5.41) is 6.87. The molecule has 1 aromatic heterocycles. The van der Waals surface area contributed by atoms with E-state index in [0.29, 0.717) is 31.1 Å². The summed E-state index contributed by atoms with van der Waals surface area (Å²) in [7, 11) is -0.00923. The molecule has 1 aromatic carbocycles. The second-order valence-corrected chi connectivity index (χ2v) is 7.57. The number of hydrogen-bond acceptors (Lipinski definition) is 5. The third kappa shape index (κ3) is 6.37. The molecule has 2 aromatic rings. The number of carbonyl (C=O) groups is 1. The average molecular weight is 381 g/mol. The van der Waals surface area contributed by atoms with Crippen molar-refractivity contribution in [2.75, 3.05) is 36.6 Å². The maximum Gasteiger partial charge on any atom is 0.322 e. The molecule has 0 radical (unpaired) electrons. The summed E-state index contributed by atoms with van der Waals surface area (Å²) in [6, 6.07) is 6.18. The summed E-state index contributed by atoms with van der Waals surface area (Å²) in [6.07, 6.45) is 4.60. The highest BCUT2D eigenvalue weighted by Gasteiger charge is 2.15. The van der Waals surface area contributed by atoms with Gasteiger partial charge in [-0.15, -0.1) is 0 Å². The number of rotatable bonds is 8. The van der Waals surface area contributed by atoms with E-state index < -0.39 is 10.0 Å². The van der Waals surface area contributed by atoms with Crippen LogP contribution in [0.3, 0.4) is 0 Å². The number of urea groups is 1. The normalized spacial score (nSPS) is 11.2. The number of sulfonamides is 1. The van der Waals surface area contributed by atoms with Crippen LogP contribution in [0.4, 0.5) is 16.2 Å². The van der Waals surface area contributed by atoms with Crippen LogP contribution in [-0.4, -0.2) is 55.6 Å². The lowest BCUT2D eigenvalue weighted by Gasteiger charge is -2.22. The predicted molar refractivity (Wildman–Crippen MR) is 99.4 cm³/mol. The van der Waals surface area contributed by atoms with Gasteiger partial charge < -0.3 is 15.0 Å². The van der Waals surface area contributed by atoms with Crippen molar-refractivity contribution in [3.63, 3.8) is 0 Å². The number of amides is 2. The number of aryl methyl sites for hydroxylation is 1. The smallest absolute Gasteiger partial charge is 0.322 e. The van der Waals surface area contributed by atoms with Gasteiger partial charge in [-0.3, -0.25) is 9.40 Å². The van der Waals surface area contributed by atoms with Crippen LogP contribution in [-0.2, 0) is 28.4 Å². The van der Waals surface area contributed by atoms with Gasteiger partial charge in [0.2, 0.25) is 10.0 Å². The number of nitrogens with one attached hydrogen (secondary N) is 2. The molecule has 9 nitrogen and oxygen atoms in total. The molecular formula is C16H23N5O4S. The molecule has 0 saturated heterocycles. The zero-order valence-electron chi connectivity index (χ0n) is 15.0. The Bertz CT molecular complexity index is 850. The second-order valence-electron chi connectivity index (χ2n) is 5.82. The Morgan fingerprint density at radius 2 is 2.08 bits per heavy atom. The van der Waals surface area contributed by atoms with Gasteiger partial charge in [0.25, 0.3) is 0 Å². The van der Waals surface area contributed by atoms with E-state index in [1.807, 2.05) is 13.2 Å². The quantitative estimate of drug-likeness (QED) is 0.720. The van der Waals surface area contributed by atoms with Gasteiger partial charge in [-0.25, -0.2) is 13.2 Å². The Hall–Kier alpha value is -2.59.